The second-order valence-corrected chi connectivity index (χ2v) is 5.51. The molecule has 1 heterocycles. The average molecular weight is 399 g/mol. The standard InChI is InChI=1S/C14H14IN3O3/c1-2-8-16-13-7-6-12(18(19)20)14(17-13)21-11-5-3-4-10(15)9-11/h3-7,9H,2,8H2,1H3,(H,16,17). The Morgan fingerprint density at radius 1 is 1.38 bits per heavy atom. The zero-order valence-electron chi connectivity index (χ0n) is 11.4. The van der Waals surface area contributed by atoms with Gasteiger partial charge in [-0.1, -0.05) is 13.0 Å². The summed E-state index contributed by atoms with van der Waals surface area (Å²) in [5, 5.41) is 14.2. The van der Waals surface area contributed by atoms with Gasteiger partial charge in [-0.2, -0.15) is 4.98 Å². The first-order chi connectivity index (χ1) is 10.1. The Balaban J connectivity index is 2.31. The van der Waals surface area contributed by atoms with Crippen molar-refractivity contribution < 1.29 is 9.66 Å². The summed E-state index contributed by atoms with van der Waals surface area (Å²) < 4.78 is 6.55. The highest BCUT2D eigenvalue weighted by molar-refractivity contribution is 14.1. The first kappa shape index (κ1) is 15.5. The zero-order valence-corrected chi connectivity index (χ0v) is 13.5. The van der Waals surface area contributed by atoms with Crippen LogP contribution in [0.2, 0.25) is 0 Å². The number of hydrogen-bond donors (Lipinski definition) is 1. The molecule has 6 nitrogen and oxygen atoms in total. The van der Waals surface area contributed by atoms with Gasteiger partial charge in [0.05, 0.1) is 4.92 Å². The Morgan fingerprint density at radius 3 is 2.86 bits per heavy atom. The van der Waals surface area contributed by atoms with Gasteiger partial charge in [0.25, 0.3) is 0 Å². The smallest absolute Gasteiger partial charge is 0.331 e. The first-order valence-electron chi connectivity index (χ1n) is 6.43. The second kappa shape index (κ2) is 7.21. The van der Waals surface area contributed by atoms with Gasteiger partial charge in [-0.3, -0.25) is 10.1 Å². The van der Waals surface area contributed by atoms with E-state index in [0.29, 0.717) is 11.6 Å². The summed E-state index contributed by atoms with van der Waals surface area (Å²) in [5.41, 5.74) is -0.157. The normalized spacial score (nSPS) is 10.2. The molecule has 0 spiro atoms. The first-order valence-corrected chi connectivity index (χ1v) is 7.50. The van der Waals surface area contributed by atoms with E-state index in [2.05, 4.69) is 32.9 Å². The maximum atomic E-state index is 11.1. The van der Waals surface area contributed by atoms with Crippen molar-refractivity contribution in [3.05, 3.63) is 50.1 Å². The Hall–Kier alpha value is -1.90. The summed E-state index contributed by atoms with van der Waals surface area (Å²) in [6, 6.07) is 10.2. The lowest BCUT2D eigenvalue weighted by Crippen LogP contribution is -2.04. The van der Waals surface area contributed by atoms with E-state index in [4.69, 9.17) is 4.74 Å². The van der Waals surface area contributed by atoms with E-state index < -0.39 is 4.92 Å². The van der Waals surface area contributed by atoms with Crippen molar-refractivity contribution in [1.29, 1.82) is 0 Å². The van der Waals surface area contributed by atoms with Gasteiger partial charge in [-0.05, 0) is 53.3 Å². The molecule has 1 N–H and O–H groups in total. The van der Waals surface area contributed by atoms with Gasteiger partial charge in [0.2, 0.25) is 0 Å². The molecule has 0 fully saturated rings. The fourth-order valence-electron chi connectivity index (χ4n) is 1.64. The van der Waals surface area contributed by atoms with Gasteiger partial charge < -0.3 is 10.1 Å². The number of ether oxygens (including phenoxy) is 1. The number of nitrogens with zero attached hydrogens (tertiary/aromatic N) is 2. The van der Waals surface area contributed by atoms with E-state index in [1.165, 1.54) is 6.07 Å². The van der Waals surface area contributed by atoms with Crippen LogP contribution in [-0.4, -0.2) is 16.5 Å². The van der Waals surface area contributed by atoms with Gasteiger partial charge in [0, 0.05) is 16.2 Å². The molecule has 0 unspecified atom stereocenters. The van der Waals surface area contributed by atoms with E-state index in [9.17, 15) is 10.1 Å². The van der Waals surface area contributed by atoms with E-state index >= 15 is 0 Å². The Morgan fingerprint density at radius 2 is 2.19 bits per heavy atom. The number of halogens is 1. The van der Waals surface area contributed by atoms with Gasteiger partial charge in [0.15, 0.2) is 0 Å². The van der Waals surface area contributed by atoms with Crippen LogP contribution in [0.5, 0.6) is 11.6 Å². The van der Waals surface area contributed by atoms with Gasteiger partial charge in [-0.15, -0.1) is 0 Å². The number of anilines is 1. The molecule has 0 radical (unpaired) electrons. The number of nitrogens with one attached hydrogen (secondary N) is 1. The quantitative estimate of drug-likeness (QED) is 0.448. The highest BCUT2D eigenvalue weighted by atomic mass is 127. The summed E-state index contributed by atoms with van der Waals surface area (Å²) in [6.45, 7) is 2.77. The topological polar surface area (TPSA) is 77.3 Å². The van der Waals surface area contributed by atoms with Crippen molar-refractivity contribution in [3.63, 3.8) is 0 Å². The van der Waals surface area contributed by atoms with Crippen LogP contribution in [0, 0.1) is 13.7 Å². The molecule has 2 rings (SSSR count). The highest BCUT2D eigenvalue weighted by Crippen LogP contribution is 2.31. The molecule has 21 heavy (non-hydrogen) atoms. The molecule has 0 aliphatic heterocycles. The monoisotopic (exact) mass is 399 g/mol. The second-order valence-electron chi connectivity index (χ2n) is 4.26. The Labute approximate surface area is 135 Å². The van der Waals surface area contributed by atoms with Gasteiger partial charge >= 0.3 is 11.6 Å². The number of hydrogen-bond acceptors (Lipinski definition) is 5. The molecule has 1 aromatic carbocycles. The SMILES string of the molecule is CCCNc1ccc([N+](=O)[O-])c(Oc2cccc(I)c2)n1. The summed E-state index contributed by atoms with van der Waals surface area (Å²) in [4.78, 5) is 14.7. The molecule has 0 bridgehead atoms. The van der Waals surface area contributed by atoms with Crippen LogP contribution in [0.1, 0.15) is 13.3 Å². The predicted octanol–water partition coefficient (Wildman–Crippen LogP) is 4.21. The van der Waals surface area contributed by atoms with Crippen LogP contribution >= 0.6 is 22.6 Å². The van der Waals surface area contributed by atoms with Gasteiger partial charge in [0.1, 0.15) is 11.6 Å². The number of pyridine rings is 1. The minimum absolute atomic E-state index is 0.0110. The summed E-state index contributed by atoms with van der Waals surface area (Å²) in [7, 11) is 0. The Kier molecular flexibility index (Phi) is 5.32. The lowest BCUT2D eigenvalue weighted by atomic mass is 10.3. The van der Waals surface area contributed by atoms with E-state index in [1.807, 2.05) is 19.1 Å². The summed E-state index contributed by atoms with van der Waals surface area (Å²) in [6.07, 6.45) is 0.936. The van der Waals surface area contributed by atoms with Crippen LogP contribution < -0.4 is 10.1 Å². The maximum absolute atomic E-state index is 11.1. The van der Waals surface area contributed by atoms with E-state index in [0.717, 1.165) is 16.5 Å². The van der Waals surface area contributed by atoms with Crippen molar-refractivity contribution in [1.82, 2.24) is 4.98 Å². The lowest BCUT2D eigenvalue weighted by molar-refractivity contribution is -0.386. The molecule has 2 aromatic rings. The third-order valence-electron chi connectivity index (χ3n) is 2.60. The van der Waals surface area contributed by atoms with Crippen LogP contribution in [0.4, 0.5) is 11.5 Å². The summed E-state index contributed by atoms with van der Waals surface area (Å²) in [5.74, 6) is 1.07. The van der Waals surface area contributed by atoms with E-state index in [-0.39, 0.29) is 11.6 Å². The minimum atomic E-state index is -0.500. The molecular formula is C14H14IN3O3. The van der Waals surface area contributed by atoms with Crippen LogP contribution in [0.25, 0.3) is 0 Å². The number of nitro groups is 1. The van der Waals surface area contributed by atoms with Crippen molar-refractivity contribution in [3.8, 4) is 11.6 Å². The third-order valence-corrected chi connectivity index (χ3v) is 3.27. The average Bonchev–Trinajstić information content (AvgIpc) is 2.45. The summed E-state index contributed by atoms with van der Waals surface area (Å²) >= 11 is 2.15. The van der Waals surface area contributed by atoms with Crippen molar-refractivity contribution in [2.24, 2.45) is 0 Å². The van der Waals surface area contributed by atoms with Crippen LogP contribution in [-0.2, 0) is 0 Å². The molecule has 0 amide bonds. The largest absolute Gasteiger partial charge is 0.434 e. The zero-order chi connectivity index (χ0) is 15.2. The minimum Gasteiger partial charge on any atom is -0.434 e. The lowest BCUT2D eigenvalue weighted by Gasteiger charge is -2.08. The molecule has 0 saturated carbocycles. The number of rotatable bonds is 6. The highest BCUT2D eigenvalue weighted by Gasteiger charge is 2.18. The molecular weight excluding hydrogens is 385 g/mol. The van der Waals surface area contributed by atoms with Crippen molar-refractivity contribution in [2.75, 3.05) is 11.9 Å². The van der Waals surface area contributed by atoms with Crippen molar-refractivity contribution >= 4 is 34.1 Å². The fourth-order valence-corrected chi connectivity index (χ4v) is 2.16. The number of benzene rings is 1. The van der Waals surface area contributed by atoms with Crippen LogP contribution in [0.15, 0.2) is 36.4 Å². The predicted molar refractivity (Wildman–Crippen MR) is 88.9 cm³/mol. The molecule has 110 valence electrons. The number of aromatic nitrogens is 1. The molecule has 0 aliphatic rings. The molecule has 1 aromatic heterocycles. The molecule has 0 aliphatic carbocycles. The molecule has 7 heteroatoms. The fraction of sp³-hybridized carbons (Fsp3) is 0.214. The molecule has 0 saturated heterocycles. The molecule has 0 atom stereocenters. The van der Waals surface area contributed by atoms with Gasteiger partial charge in [-0.25, -0.2) is 0 Å². The maximum Gasteiger partial charge on any atom is 0.331 e. The van der Waals surface area contributed by atoms with E-state index in [1.54, 1.807) is 18.2 Å². The van der Waals surface area contributed by atoms with Crippen molar-refractivity contribution in [2.45, 2.75) is 13.3 Å². The van der Waals surface area contributed by atoms with Crippen LogP contribution in [0.3, 0.4) is 0 Å². The third kappa shape index (κ3) is 4.28. The Bertz CT molecular complexity index is 649.